The van der Waals surface area contributed by atoms with Crippen molar-refractivity contribution in [2.24, 2.45) is 0 Å². The number of carboxylic acids is 1. The molecule has 0 aromatic heterocycles. The molecule has 1 aromatic carbocycles. The second kappa shape index (κ2) is 6.55. The van der Waals surface area contributed by atoms with Gasteiger partial charge in [-0.2, -0.15) is 0 Å². The smallest absolute Gasteiger partial charge is 0.303 e. The molecule has 0 bridgehead atoms. The quantitative estimate of drug-likeness (QED) is 0.840. The van der Waals surface area contributed by atoms with Crippen molar-refractivity contribution in [3.8, 4) is 0 Å². The Morgan fingerprint density at radius 3 is 2.25 bits per heavy atom. The molecule has 0 atom stereocenters. The summed E-state index contributed by atoms with van der Waals surface area (Å²) in [5, 5.41) is 11.6. The molecule has 2 N–H and O–H groups in total. The van der Waals surface area contributed by atoms with Crippen molar-refractivity contribution in [1.29, 1.82) is 0 Å². The zero-order valence-electron chi connectivity index (χ0n) is 12.6. The summed E-state index contributed by atoms with van der Waals surface area (Å²) in [6.07, 6.45) is 0.798. The van der Waals surface area contributed by atoms with Crippen molar-refractivity contribution >= 4 is 11.9 Å². The highest BCUT2D eigenvalue weighted by Crippen LogP contribution is 2.16. The SMILES string of the molecule is Cc1cccc(C)c1CC(=O)NC(C)(C)CCC(=O)O. The summed E-state index contributed by atoms with van der Waals surface area (Å²) in [5.41, 5.74) is 2.73. The molecule has 4 heteroatoms. The number of hydrogen-bond acceptors (Lipinski definition) is 2. The van der Waals surface area contributed by atoms with Crippen LogP contribution in [-0.4, -0.2) is 22.5 Å². The maximum atomic E-state index is 12.1. The molecule has 20 heavy (non-hydrogen) atoms. The van der Waals surface area contributed by atoms with Crippen LogP contribution in [0.4, 0.5) is 0 Å². The van der Waals surface area contributed by atoms with Gasteiger partial charge in [-0.05, 0) is 50.8 Å². The number of hydrogen-bond donors (Lipinski definition) is 2. The number of amides is 1. The van der Waals surface area contributed by atoms with E-state index in [2.05, 4.69) is 5.32 Å². The van der Waals surface area contributed by atoms with Gasteiger partial charge in [0.25, 0.3) is 0 Å². The molecule has 1 rings (SSSR count). The molecule has 0 heterocycles. The van der Waals surface area contributed by atoms with Crippen molar-refractivity contribution < 1.29 is 14.7 Å². The van der Waals surface area contributed by atoms with Crippen LogP contribution in [0.3, 0.4) is 0 Å². The Bertz CT molecular complexity index is 486. The van der Waals surface area contributed by atoms with Gasteiger partial charge in [-0.25, -0.2) is 0 Å². The largest absolute Gasteiger partial charge is 0.481 e. The maximum Gasteiger partial charge on any atom is 0.303 e. The van der Waals surface area contributed by atoms with E-state index in [1.54, 1.807) is 0 Å². The predicted octanol–water partition coefficient (Wildman–Crippen LogP) is 2.61. The molecule has 0 saturated heterocycles. The van der Waals surface area contributed by atoms with Crippen molar-refractivity contribution in [2.45, 2.75) is 52.5 Å². The minimum Gasteiger partial charge on any atom is -0.481 e. The molecular weight excluding hydrogens is 254 g/mol. The summed E-state index contributed by atoms with van der Waals surface area (Å²) in [7, 11) is 0. The highest BCUT2D eigenvalue weighted by Gasteiger charge is 2.22. The molecule has 0 aliphatic heterocycles. The third-order valence-electron chi connectivity index (χ3n) is 3.42. The minimum absolute atomic E-state index is 0.0523. The van der Waals surface area contributed by atoms with E-state index in [0.717, 1.165) is 16.7 Å². The molecule has 0 fully saturated rings. The standard InChI is InChI=1S/C16H23NO3/c1-11-6-5-7-12(2)13(11)10-14(18)17-16(3,4)9-8-15(19)20/h5-7H,8-10H2,1-4H3,(H,17,18)(H,19,20). The third-order valence-corrected chi connectivity index (χ3v) is 3.42. The van der Waals surface area contributed by atoms with Gasteiger partial charge in [0, 0.05) is 12.0 Å². The summed E-state index contributed by atoms with van der Waals surface area (Å²) in [4.78, 5) is 22.7. The number of aryl methyl sites for hydroxylation is 2. The van der Waals surface area contributed by atoms with Crippen LogP contribution in [-0.2, 0) is 16.0 Å². The monoisotopic (exact) mass is 277 g/mol. The molecule has 0 spiro atoms. The fraction of sp³-hybridized carbons (Fsp3) is 0.500. The Labute approximate surface area is 120 Å². The fourth-order valence-corrected chi connectivity index (χ4v) is 2.19. The first kappa shape index (κ1) is 16.2. The van der Waals surface area contributed by atoms with Crippen LogP contribution in [0.15, 0.2) is 18.2 Å². The molecule has 1 amide bonds. The number of aliphatic carboxylic acids is 1. The molecular formula is C16H23NO3. The molecule has 0 radical (unpaired) electrons. The number of carbonyl (C=O) groups excluding carboxylic acids is 1. The van der Waals surface area contributed by atoms with Crippen molar-refractivity contribution in [2.75, 3.05) is 0 Å². The average molecular weight is 277 g/mol. The first-order valence-corrected chi connectivity index (χ1v) is 6.79. The Morgan fingerprint density at radius 2 is 1.75 bits per heavy atom. The van der Waals surface area contributed by atoms with Gasteiger partial charge in [0.15, 0.2) is 0 Å². The normalized spacial score (nSPS) is 11.2. The minimum atomic E-state index is -0.845. The highest BCUT2D eigenvalue weighted by atomic mass is 16.4. The Morgan fingerprint density at radius 1 is 1.20 bits per heavy atom. The molecule has 110 valence electrons. The first-order valence-electron chi connectivity index (χ1n) is 6.79. The maximum absolute atomic E-state index is 12.1. The molecule has 0 saturated carbocycles. The van der Waals surface area contributed by atoms with E-state index < -0.39 is 11.5 Å². The molecule has 0 aliphatic rings. The van der Waals surface area contributed by atoms with Crippen LogP contribution in [0.25, 0.3) is 0 Å². The Balaban J connectivity index is 2.65. The summed E-state index contributed by atoms with van der Waals surface area (Å²) in [5.74, 6) is -0.917. The zero-order chi connectivity index (χ0) is 15.3. The summed E-state index contributed by atoms with van der Waals surface area (Å²) >= 11 is 0. The van der Waals surface area contributed by atoms with E-state index in [0.29, 0.717) is 12.8 Å². The molecule has 0 aliphatic carbocycles. The van der Waals surface area contributed by atoms with E-state index in [9.17, 15) is 9.59 Å². The number of benzene rings is 1. The van der Waals surface area contributed by atoms with Gasteiger partial charge in [-0.1, -0.05) is 18.2 Å². The van der Waals surface area contributed by atoms with Gasteiger partial charge < -0.3 is 10.4 Å². The number of carboxylic acid groups (broad SMARTS) is 1. The van der Waals surface area contributed by atoms with E-state index in [1.165, 1.54) is 0 Å². The lowest BCUT2D eigenvalue weighted by atomic mass is 9.96. The summed E-state index contributed by atoms with van der Waals surface area (Å²) in [6, 6.07) is 5.96. The predicted molar refractivity (Wildman–Crippen MR) is 78.7 cm³/mol. The third kappa shape index (κ3) is 5.03. The number of carbonyl (C=O) groups is 2. The van der Waals surface area contributed by atoms with Crippen LogP contribution in [0.1, 0.15) is 43.4 Å². The van der Waals surface area contributed by atoms with Crippen LogP contribution in [0, 0.1) is 13.8 Å². The van der Waals surface area contributed by atoms with Crippen molar-refractivity contribution in [1.82, 2.24) is 5.32 Å². The van der Waals surface area contributed by atoms with E-state index in [-0.39, 0.29) is 12.3 Å². The van der Waals surface area contributed by atoms with Gasteiger partial charge in [-0.15, -0.1) is 0 Å². The summed E-state index contributed by atoms with van der Waals surface area (Å²) < 4.78 is 0. The first-order chi connectivity index (χ1) is 9.21. The van der Waals surface area contributed by atoms with Crippen LogP contribution in [0.5, 0.6) is 0 Å². The van der Waals surface area contributed by atoms with Gasteiger partial charge in [-0.3, -0.25) is 9.59 Å². The van der Waals surface area contributed by atoms with E-state index >= 15 is 0 Å². The topological polar surface area (TPSA) is 66.4 Å². The zero-order valence-corrected chi connectivity index (χ0v) is 12.6. The van der Waals surface area contributed by atoms with Crippen molar-refractivity contribution in [3.05, 3.63) is 34.9 Å². The van der Waals surface area contributed by atoms with Gasteiger partial charge in [0.1, 0.15) is 0 Å². The second-order valence-corrected chi connectivity index (χ2v) is 5.87. The van der Waals surface area contributed by atoms with E-state index in [1.807, 2.05) is 45.9 Å². The lowest BCUT2D eigenvalue weighted by Gasteiger charge is -2.26. The second-order valence-electron chi connectivity index (χ2n) is 5.87. The molecule has 4 nitrogen and oxygen atoms in total. The van der Waals surface area contributed by atoms with Crippen LogP contribution < -0.4 is 5.32 Å². The fourth-order valence-electron chi connectivity index (χ4n) is 2.19. The summed E-state index contributed by atoms with van der Waals surface area (Å²) in [6.45, 7) is 7.67. The number of rotatable bonds is 6. The number of nitrogens with one attached hydrogen (secondary N) is 1. The average Bonchev–Trinajstić information content (AvgIpc) is 2.31. The van der Waals surface area contributed by atoms with E-state index in [4.69, 9.17) is 5.11 Å². The van der Waals surface area contributed by atoms with Crippen LogP contribution >= 0.6 is 0 Å². The highest BCUT2D eigenvalue weighted by molar-refractivity contribution is 5.80. The van der Waals surface area contributed by atoms with Gasteiger partial charge in [0.2, 0.25) is 5.91 Å². The van der Waals surface area contributed by atoms with Gasteiger partial charge in [0.05, 0.1) is 6.42 Å². The molecule has 0 unspecified atom stereocenters. The molecule has 1 aromatic rings. The lowest BCUT2D eigenvalue weighted by molar-refractivity contribution is -0.137. The van der Waals surface area contributed by atoms with Gasteiger partial charge >= 0.3 is 5.97 Å². The Hall–Kier alpha value is -1.84. The van der Waals surface area contributed by atoms with Crippen LogP contribution in [0.2, 0.25) is 0 Å². The lowest BCUT2D eigenvalue weighted by Crippen LogP contribution is -2.44. The Kier molecular flexibility index (Phi) is 5.31. The van der Waals surface area contributed by atoms with Crippen molar-refractivity contribution in [3.63, 3.8) is 0 Å².